The quantitative estimate of drug-likeness (QED) is 0.437. The number of aromatic amines is 1. The van der Waals surface area contributed by atoms with E-state index < -0.39 is 0 Å². The number of para-hydroxylation sites is 1. The maximum absolute atomic E-state index is 12.5. The van der Waals surface area contributed by atoms with Crippen molar-refractivity contribution >= 4 is 34.4 Å². The number of nitrogens with zero attached hydrogens (tertiary/aromatic N) is 5. The minimum atomic E-state index is -0.297. The molecular formula is C19H11ClN6O2S. The molecule has 5 aromatic rings. The number of hydrogen-bond donors (Lipinski definition) is 1. The average Bonchev–Trinajstić information content (AvgIpc) is 3.36. The van der Waals surface area contributed by atoms with Gasteiger partial charge in [-0.3, -0.25) is 4.79 Å². The molecule has 0 aliphatic carbocycles. The maximum Gasteiger partial charge on any atom is 0.284 e. The topological polar surface area (TPSA) is 102 Å². The number of H-pyrrole nitrogens is 1. The van der Waals surface area contributed by atoms with Crippen molar-refractivity contribution in [1.29, 1.82) is 0 Å². The first-order chi connectivity index (χ1) is 14.2. The van der Waals surface area contributed by atoms with Crippen molar-refractivity contribution in [3.63, 3.8) is 0 Å². The molecule has 3 aromatic heterocycles. The first kappa shape index (κ1) is 17.7. The Hall–Kier alpha value is -3.43. The summed E-state index contributed by atoms with van der Waals surface area (Å²) in [4.78, 5) is 19.7. The molecule has 0 aliphatic rings. The van der Waals surface area contributed by atoms with Gasteiger partial charge in [0, 0.05) is 22.3 Å². The summed E-state index contributed by atoms with van der Waals surface area (Å²) in [5.74, 6) is 0.327. The van der Waals surface area contributed by atoms with Gasteiger partial charge in [0.25, 0.3) is 10.8 Å². The molecule has 5 rings (SSSR count). The molecule has 29 heavy (non-hydrogen) atoms. The Balaban J connectivity index is 1.51. The molecule has 0 saturated carbocycles. The van der Waals surface area contributed by atoms with Crippen LogP contribution in [-0.2, 0) is 0 Å². The smallest absolute Gasteiger partial charge is 0.284 e. The van der Waals surface area contributed by atoms with Crippen LogP contribution < -0.4 is 5.56 Å². The van der Waals surface area contributed by atoms with Gasteiger partial charge in [-0.2, -0.15) is 5.10 Å². The zero-order valence-electron chi connectivity index (χ0n) is 14.6. The molecule has 142 valence electrons. The SMILES string of the molecule is O=c1[nH]c(Sc2nnc(-c3cccc(Cl)c3)o2)nc2c1cnn2-c1ccccc1. The largest absolute Gasteiger partial charge is 0.411 e. The molecule has 1 N–H and O–H groups in total. The van der Waals surface area contributed by atoms with Crippen molar-refractivity contribution in [1.82, 2.24) is 29.9 Å². The van der Waals surface area contributed by atoms with E-state index in [-0.39, 0.29) is 10.8 Å². The Labute approximate surface area is 172 Å². The Morgan fingerprint density at radius 3 is 2.76 bits per heavy atom. The highest BCUT2D eigenvalue weighted by molar-refractivity contribution is 7.98. The highest BCUT2D eigenvalue weighted by Gasteiger charge is 2.15. The minimum Gasteiger partial charge on any atom is -0.411 e. The fourth-order valence-corrected chi connectivity index (χ4v) is 3.61. The molecule has 3 heterocycles. The van der Waals surface area contributed by atoms with Crippen LogP contribution in [0.2, 0.25) is 5.02 Å². The normalized spacial score (nSPS) is 11.2. The second-order valence-corrected chi connectivity index (χ2v) is 7.36. The third kappa shape index (κ3) is 3.41. The molecule has 0 radical (unpaired) electrons. The fraction of sp³-hybridized carbons (Fsp3) is 0. The van der Waals surface area contributed by atoms with Gasteiger partial charge in [0.05, 0.1) is 11.9 Å². The van der Waals surface area contributed by atoms with Gasteiger partial charge in [0.1, 0.15) is 5.39 Å². The lowest BCUT2D eigenvalue weighted by Gasteiger charge is -2.03. The van der Waals surface area contributed by atoms with E-state index in [9.17, 15) is 4.79 Å². The number of nitrogens with one attached hydrogen (secondary N) is 1. The predicted octanol–water partition coefficient (Wildman–Crippen LogP) is 3.96. The lowest BCUT2D eigenvalue weighted by molar-refractivity contribution is 0.465. The lowest BCUT2D eigenvalue weighted by Crippen LogP contribution is -2.09. The van der Waals surface area contributed by atoms with Gasteiger partial charge in [-0.25, -0.2) is 9.67 Å². The van der Waals surface area contributed by atoms with Gasteiger partial charge < -0.3 is 9.40 Å². The first-order valence-corrected chi connectivity index (χ1v) is 9.67. The summed E-state index contributed by atoms with van der Waals surface area (Å²) in [6, 6.07) is 16.6. The predicted molar refractivity (Wildman–Crippen MR) is 108 cm³/mol. The molecule has 0 saturated heterocycles. The fourth-order valence-electron chi connectivity index (χ4n) is 2.78. The molecule has 0 atom stereocenters. The maximum atomic E-state index is 12.5. The average molecular weight is 423 g/mol. The third-order valence-corrected chi connectivity index (χ3v) is 5.04. The molecule has 0 spiro atoms. The van der Waals surface area contributed by atoms with Crippen molar-refractivity contribution in [3.05, 3.63) is 76.2 Å². The number of aromatic nitrogens is 6. The van der Waals surface area contributed by atoms with E-state index in [1.54, 1.807) is 22.9 Å². The summed E-state index contributed by atoms with van der Waals surface area (Å²) >= 11 is 7.07. The van der Waals surface area contributed by atoms with Crippen LogP contribution in [0.1, 0.15) is 0 Å². The summed E-state index contributed by atoms with van der Waals surface area (Å²) in [7, 11) is 0. The van der Waals surface area contributed by atoms with E-state index >= 15 is 0 Å². The van der Waals surface area contributed by atoms with Gasteiger partial charge in [-0.15, -0.1) is 10.2 Å². The summed E-state index contributed by atoms with van der Waals surface area (Å²) in [5.41, 5.74) is 1.65. The second-order valence-electron chi connectivity index (χ2n) is 5.99. The van der Waals surface area contributed by atoms with Crippen LogP contribution in [-0.4, -0.2) is 29.9 Å². The number of benzene rings is 2. The molecule has 2 aromatic carbocycles. The van der Waals surface area contributed by atoms with E-state index in [1.165, 1.54) is 6.20 Å². The Bertz CT molecular complexity index is 1380. The van der Waals surface area contributed by atoms with Crippen molar-refractivity contribution in [3.8, 4) is 17.1 Å². The minimum absolute atomic E-state index is 0.244. The van der Waals surface area contributed by atoms with Crippen molar-refractivity contribution < 1.29 is 4.42 Å². The van der Waals surface area contributed by atoms with Crippen LogP contribution in [0.4, 0.5) is 0 Å². The monoisotopic (exact) mass is 422 g/mol. The summed E-state index contributed by atoms with van der Waals surface area (Å²) in [5, 5.41) is 13.9. The first-order valence-electron chi connectivity index (χ1n) is 8.48. The Morgan fingerprint density at radius 2 is 1.93 bits per heavy atom. The van der Waals surface area contributed by atoms with E-state index in [2.05, 4.69) is 25.3 Å². The summed E-state index contributed by atoms with van der Waals surface area (Å²) < 4.78 is 7.29. The molecule has 0 unspecified atom stereocenters. The van der Waals surface area contributed by atoms with Crippen LogP contribution in [0.25, 0.3) is 28.2 Å². The van der Waals surface area contributed by atoms with Crippen LogP contribution in [0.3, 0.4) is 0 Å². The zero-order valence-corrected chi connectivity index (χ0v) is 16.2. The number of hydrogen-bond acceptors (Lipinski definition) is 7. The zero-order chi connectivity index (χ0) is 19.8. The number of halogens is 1. The summed E-state index contributed by atoms with van der Waals surface area (Å²) in [6.07, 6.45) is 1.49. The molecule has 0 fully saturated rings. The van der Waals surface area contributed by atoms with Crippen molar-refractivity contribution in [2.24, 2.45) is 0 Å². The Morgan fingerprint density at radius 1 is 1.07 bits per heavy atom. The molecule has 8 nitrogen and oxygen atoms in total. The van der Waals surface area contributed by atoms with E-state index in [0.717, 1.165) is 17.4 Å². The number of rotatable bonds is 4. The molecule has 0 amide bonds. The highest BCUT2D eigenvalue weighted by atomic mass is 35.5. The van der Waals surface area contributed by atoms with Crippen LogP contribution >= 0.6 is 23.4 Å². The van der Waals surface area contributed by atoms with Gasteiger partial charge >= 0.3 is 0 Å². The molecular weight excluding hydrogens is 412 g/mol. The second kappa shape index (κ2) is 7.19. The molecule has 0 aliphatic heterocycles. The van der Waals surface area contributed by atoms with E-state index in [4.69, 9.17) is 16.0 Å². The highest BCUT2D eigenvalue weighted by Crippen LogP contribution is 2.28. The third-order valence-electron chi connectivity index (χ3n) is 4.08. The van der Waals surface area contributed by atoms with Crippen molar-refractivity contribution in [2.45, 2.75) is 10.4 Å². The van der Waals surface area contributed by atoms with Gasteiger partial charge in [0.2, 0.25) is 5.89 Å². The summed E-state index contributed by atoms with van der Waals surface area (Å²) in [6.45, 7) is 0. The van der Waals surface area contributed by atoms with Crippen LogP contribution in [0.5, 0.6) is 0 Å². The Kier molecular flexibility index (Phi) is 4.38. The standard InChI is InChI=1S/C19H11ClN6O2S/c20-12-6-4-5-11(9-12)17-24-25-19(28-17)29-18-22-15-14(16(27)23-18)10-21-26(15)13-7-2-1-3-8-13/h1-10H,(H,22,23,27). The van der Waals surface area contributed by atoms with Gasteiger partial charge in [-0.05, 0) is 30.3 Å². The van der Waals surface area contributed by atoms with Gasteiger partial charge in [-0.1, -0.05) is 35.9 Å². The molecule has 0 bridgehead atoms. The van der Waals surface area contributed by atoms with Crippen LogP contribution in [0.15, 0.2) is 80.4 Å². The van der Waals surface area contributed by atoms with Crippen LogP contribution in [0, 0.1) is 0 Å². The van der Waals surface area contributed by atoms with Gasteiger partial charge in [0.15, 0.2) is 10.8 Å². The van der Waals surface area contributed by atoms with E-state index in [1.807, 2.05) is 36.4 Å². The number of fused-ring (bicyclic) bond motifs is 1. The van der Waals surface area contributed by atoms with Crippen molar-refractivity contribution in [2.75, 3.05) is 0 Å². The van der Waals surface area contributed by atoms with E-state index in [0.29, 0.717) is 32.7 Å². The molecule has 10 heteroatoms. The lowest BCUT2D eigenvalue weighted by atomic mass is 10.2.